The molecule has 1 heterocycles. The number of rotatable bonds is 4. The molecule has 0 bridgehead atoms. The van der Waals surface area contributed by atoms with Crippen LogP contribution in [0, 0.1) is 0 Å². The van der Waals surface area contributed by atoms with Gasteiger partial charge in [0.25, 0.3) is 0 Å². The second-order valence-electron chi connectivity index (χ2n) is 5.33. The van der Waals surface area contributed by atoms with Crippen LogP contribution in [0.3, 0.4) is 0 Å². The van der Waals surface area contributed by atoms with Gasteiger partial charge in [0.1, 0.15) is 5.82 Å². The monoisotopic (exact) mass is 301 g/mol. The van der Waals surface area contributed by atoms with Crippen LogP contribution >= 0.6 is 11.6 Å². The molecule has 0 fully saturated rings. The van der Waals surface area contributed by atoms with Crippen LogP contribution in [0.25, 0.3) is 11.4 Å². The molecule has 0 amide bonds. The van der Waals surface area contributed by atoms with Gasteiger partial charge >= 0.3 is 0 Å². The normalized spacial score (nSPS) is 13.3. The van der Waals surface area contributed by atoms with Gasteiger partial charge in [-0.1, -0.05) is 23.7 Å². The summed E-state index contributed by atoms with van der Waals surface area (Å²) in [7, 11) is 0. The highest BCUT2D eigenvalue weighted by molar-refractivity contribution is 6.30. The SMILES string of the molecule is CCN(CC)c1nc(-c2cccc(Cl)c2)nc2c1CCC2. The van der Waals surface area contributed by atoms with Crippen LogP contribution in [-0.2, 0) is 12.8 Å². The van der Waals surface area contributed by atoms with E-state index in [1.807, 2.05) is 24.3 Å². The van der Waals surface area contributed by atoms with Gasteiger partial charge < -0.3 is 4.90 Å². The van der Waals surface area contributed by atoms with Gasteiger partial charge in [-0.05, 0) is 45.2 Å². The van der Waals surface area contributed by atoms with Gasteiger partial charge in [0, 0.05) is 34.9 Å². The van der Waals surface area contributed by atoms with E-state index < -0.39 is 0 Å². The van der Waals surface area contributed by atoms with E-state index in [2.05, 4.69) is 18.7 Å². The smallest absolute Gasteiger partial charge is 0.161 e. The average molecular weight is 302 g/mol. The standard InChI is InChI=1S/C17H20ClN3/c1-3-21(4-2)17-14-9-6-10-15(14)19-16(20-17)12-7-5-8-13(18)11-12/h5,7-8,11H,3-4,6,9-10H2,1-2H3. The molecule has 0 radical (unpaired) electrons. The lowest BCUT2D eigenvalue weighted by Crippen LogP contribution is -2.25. The van der Waals surface area contributed by atoms with E-state index in [9.17, 15) is 0 Å². The number of halogens is 1. The second kappa shape index (κ2) is 6.02. The highest BCUT2D eigenvalue weighted by Gasteiger charge is 2.22. The van der Waals surface area contributed by atoms with Crippen LogP contribution in [0.4, 0.5) is 5.82 Å². The van der Waals surface area contributed by atoms with Crippen molar-refractivity contribution in [3.63, 3.8) is 0 Å². The Bertz CT molecular complexity index is 650. The second-order valence-corrected chi connectivity index (χ2v) is 5.77. The van der Waals surface area contributed by atoms with Crippen molar-refractivity contribution in [1.29, 1.82) is 0 Å². The molecule has 1 aliphatic carbocycles. The molecule has 0 N–H and O–H groups in total. The van der Waals surface area contributed by atoms with Crippen molar-refractivity contribution in [3.05, 3.63) is 40.5 Å². The summed E-state index contributed by atoms with van der Waals surface area (Å²) in [4.78, 5) is 12.0. The Morgan fingerprint density at radius 1 is 1.14 bits per heavy atom. The Morgan fingerprint density at radius 2 is 1.95 bits per heavy atom. The molecule has 3 rings (SSSR count). The van der Waals surface area contributed by atoms with Crippen LogP contribution in [0.15, 0.2) is 24.3 Å². The van der Waals surface area contributed by atoms with Crippen molar-refractivity contribution < 1.29 is 0 Å². The summed E-state index contributed by atoms with van der Waals surface area (Å²) in [5, 5.41) is 0.723. The molecule has 1 aromatic heterocycles. The van der Waals surface area contributed by atoms with Gasteiger partial charge in [0.2, 0.25) is 0 Å². The fraction of sp³-hybridized carbons (Fsp3) is 0.412. The third kappa shape index (κ3) is 2.75. The highest BCUT2D eigenvalue weighted by atomic mass is 35.5. The van der Waals surface area contributed by atoms with E-state index in [1.165, 1.54) is 17.7 Å². The molecule has 1 aliphatic rings. The number of aryl methyl sites for hydroxylation is 1. The maximum absolute atomic E-state index is 6.10. The van der Waals surface area contributed by atoms with Crippen molar-refractivity contribution in [2.24, 2.45) is 0 Å². The topological polar surface area (TPSA) is 29.0 Å². The van der Waals surface area contributed by atoms with Gasteiger partial charge in [0.15, 0.2) is 5.82 Å². The zero-order valence-electron chi connectivity index (χ0n) is 12.6. The Hall–Kier alpha value is -1.61. The third-order valence-electron chi connectivity index (χ3n) is 4.06. The molecule has 0 spiro atoms. The predicted octanol–water partition coefficient (Wildman–Crippen LogP) is 4.13. The molecule has 0 aliphatic heterocycles. The van der Waals surface area contributed by atoms with E-state index in [0.717, 1.165) is 48.2 Å². The van der Waals surface area contributed by atoms with Gasteiger partial charge in [-0.25, -0.2) is 9.97 Å². The van der Waals surface area contributed by atoms with Gasteiger partial charge in [-0.15, -0.1) is 0 Å². The number of fused-ring (bicyclic) bond motifs is 1. The van der Waals surface area contributed by atoms with Crippen LogP contribution in [0.5, 0.6) is 0 Å². The van der Waals surface area contributed by atoms with E-state index in [-0.39, 0.29) is 0 Å². The summed E-state index contributed by atoms with van der Waals surface area (Å²) in [6.45, 7) is 6.28. The Kier molecular flexibility index (Phi) is 4.11. The number of nitrogens with zero attached hydrogens (tertiary/aromatic N) is 3. The summed E-state index contributed by atoms with van der Waals surface area (Å²) in [6, 6.07) is 7.79. The minimum absolute atomic E-state index is 0.723. The number of benzene rings is 1. The van der Waals surface area contributed by atoms with Crippen molar-refractivity contribution in [1.82, 2.24) is 9.97 Å². The molecular weight excluding hydrogens is 282 g/mol. The lowest BCUT2D eigenvalue weighted by atomic mass is 10.1. The van der Waals surface area contributed by atoms with Crippen molar-refractivity contribution >= 4 is 17.4 Å². The summed E-state index contributed by atoms with van der Waals surface area (Å²) in [6.07, 6.45) is 3.33. The molecule has 1 aromatic carbocycles. The molecule has 21 heavy (non-hydrogen) atoms. The first-order chi connectivity index (χ1) is 10.2. The molecule has 0 saturated heterocycles. The van der Waals surface area contributed by atoms with Crippen LogP contribution < -0.4 is 4.90 Å². The zero-order valence-corrected chi connectivity index (χ0v) is 13.3. The van der Waals surface area contributed by atoms with Gasteiger partial charge in [-0.2, -0.15) is 0 Å². The van der Waals surface area contributed by atoms with Crippen LogP contribution in [-0.4, -0.2) is 23.1 Å². The summed E-state index contributed by atoms with van der Waals surface area (Å²) >= 11 is 6.10. The van der Waals surface area contributed by atoms with Crippen molar-refractivity contribution in [2.45, 2.75) is 33.1 Å². The third-order valence-corrected chi connectivity index (χ3v) is 4.29. The number of hydrogen-bond donors (Lipinski definition) is 0. The maximum atomic E-state index is 6.10. The highest BCUT2D eigenvalue weighted by Crippen LogP contribution is 2.31. The van der Waals surface area contributed by atoms with Crippen molar-refractivity contribution in [3.8, 4) is 11.4 Å². The zero-order chi connectivity index (χ0) is 14.8. The summed E-state index contributed by atoms with van der Waals surface area (Å²) < 4.78 is 0. The average Bonchev–Trinajstić information content (AvgIpc) is 2.97. The lowest BCUT2D eigenvalue weighted by molar-refractivity contribution is 0.829. The maximum Gasteiger partial charge on any atom is 0.161 e. The molecule has 0 atom stereocenters. The lowest BCUT2D eigenvalue weighted by Gasteiger charge is -2.23. The first-order valence-electron chi connectivity index (χ1n) is 7.63. The van der Waals surface area contributed by atoms with Gasteiger partial charge in [-0.3, -0.25) is 0 Å². The Labute approximate surface area is 131 Å². The Balaban J connectivity index is 2.13. The quantitative estimate of drug-likeness (QED) is 0.850. The predicted molar refractivity (Wildman–Crippen MR) is 88.1 cm³/mol. The number of hydrogen-bond acceptors (Lipinski definition) is 3. The van der Waals surface area contributed by atoms with Crippen LogP contribution in [0.2, 0.25) is 5.02 Å². The van der Waals surface area contributed by atoms with E-state index in [0.29, 0.717) is 0 Å². The molecule has 110 valence electrons. The first kappa shape index (κ1) is 14.3. The molecule has 4 heteroatoms. The van der Waals surface area contributed by atoms with Crippen LogP contribution in [0.1, 0.15) is 31.5 Å². The fourth-order valence-electron chi connectivity index (χ4n) is 2.95. The first-order valence-corrected chi connectivity index (χ1v) is 8.01. The minimum Gasteiger partial charge on any atom is -0.357 e. The number of aromatic nitrogens is 2. The summed E-state index contributed by atoms with van der Waals surface area (Å²) in [5.41, 5.74) is 3.54. The van der Waals surface area contributed by atoms with E-state index >= 15 is 0 Å². The summed E-state index contributed by atoms with van der Waals surface area (Å²) in [5.74, 6) is 1.90. The van der Waals surface area contributed by atoms with Crippen molar-refractivity contribution in [2.75, 3.05) is 18.0 Å². The minimum atomic E-state index is 0.723. The fourth-order valence-corrected chi connectivity index (χ4v) is 3.14. The molecule has 3 nitrogen and oxygen atoms in total. The van der Waals surface area contributed by atoms with Gasteiger partial charge in [0.05, 0.1) is 0 Å². The molecule has 0 unspecified atom stereocenters. The van der Waals surface area contributed by atoms with E-state index in [4.69, 9.17) is 21.6 Å². The van der Waals surface area contributed by atoms with E-state index in [1.54, 1.807) is 0 Å². The largest absolute Gasteiger partial charge is 0.357 e. The Morgan fingerprint density at radius 3 is 2.67 bits per heavy atom. The molecule has 2 aromatic rings. The number of anilines is 1. The molecular formula is C17H20ClN3. The molecule has 0 saturated carbocycles.